The number of ether oxygens (including phenoxy) is 1. The number of benzene rings is 2. The van der Waals surface area contributed by atoms with Crippen LogP contribution >= 0.6 is 12.2 Å². The van der Waals surface area contributed by atoms with E-state index in [4.69, 9.17) is 17.0 Å². The Labute approximate surface area is 222 Å². The number of nitrogens with one attached hydrogen (secondary N) is 2. The minimum Gasteiger partial charge on any atom is -0.495 e. The van der Waals surface area contributed by atoms with Crippen LogP contribution in [0.25, 0.3) is 5.69 Å². The highest BCUT2D eigenvalue weighted by Crippen LogP contribution is 2.44. The van der Waals surface area contributed by atoms with Gasteiger partial charge in [-0.2, -0.15) is 0 Å². The number of aryl methyl sites for hydroxylation is 1. The summed E-state index contributed by atoms with van der Waals surface area (Å²) in [5, 5.41) is 3.97. The van der Waals surface area contributed by atoms with Crippen LogP contribution in [0.15, 0.2) is 85.1 Å². The average Bonchev–Trinajstić information content (AvgIpc) is 3.43. The van der Waals surface area contributed by atoms with E-state index in [1.165, 1.54) is 7.11 Å². The fourth-order valence-electron chi connectivity index (χ4n) is 4.78. The second-order valence-corrected chi connectivity index (χ2v) is 11.0. The molecule has 1 aliphatic rings. The molecule has 0 spiro atoms. The molecular weight excluding hydrogens is 506 g/mol. The topological polar surface area (TPSA) is 88.5 Å². The largest absolute Gasteiger partial charge is 0.495 e. The number of rotatable bonds is 7. The van der Waals surface area contributed by atoms with Crippen molar-refractivity contribution in [1.82, 2.24) is 14.9 Å². The fraction of sp³-hybridized carbons (Fsp3) is 0.185. The summed E-state index contributed by atoms with van der Waals surface area (Å²) in [5.74, 6) is 0.411. The van der Waals surface area contributed by atoms with Crippen LogP contribution in [-0.2, 0) is 10.0 Å². The van der Waals surface area contributed by atoms with Crippen molar-refractivity contribution in [2.45, 2.75) is 19.0 Å². The van der Waals surface area contributed by atoms with Crippen LogP contribution in [0.5, 0.6) is 5.75 Å². The predicted octanol–water partition coefficient (Wildman–Crippen LogP) is 4.74. The first kappa shape index (κ1) is 24.8. The zero-order chi connectivity index (χ0) is 26.2. The molecule has 1 fully saturated rings. The number of thiocarbonyl (C=S) groups is 1. The van der Waals surface area contributed by atoms with E-state index in [1.54, 1.807) is 18.3 Å². The predicted molar refractivity (Wildman–Crippen MR) is 150 cm³/mol. The maximum absolute atomic E-state index is 12.1. The molecule has 0 bridgehead atoms. The molecule has 1 aliphatic heterocycles. The molecule has 5 rings (SSSR count). The number of methoxy groups -OCH3 is 1. The second-order valence-electron chi connectivity index (χ2n) is 8.83. The lowest BCUT2D eigenvalue weighted by molar-refractivity contribution is 0.417. The summed E-state index contributed by atoms with van der Waals surface area (Å²) in [5.41, 5.74) is 5.02. The first-order chi connectivity index (χ1) is 17.8. The third-order valence-corrected chi connectivity index (χ3v) is 7.18. The summed E-state index contributed by atoms with van der Waals surface area (Å²) in [4.78, 5) is 6.64. The lowest BCUT2D eigenvalue weighted by Gasteiger charge is -2.30. The van der Waals surface area contributed by atoms with E-state index in [0.717, 1.165) is 29.0 Å². The van der Waals surface area contributed by atoms with Gasteiger partial charge in [-0.25, -0.2) is 8.42 Å². The van der Waals surface area contributed by atoms with Gasteiger partial charge in [0.05, 0.1) is 30.8 Å². The Bertz CT molecular complexity index is 1540. The molecule has 1 saturated heterocycles. The molecule has 2 N–H and O–H groups in total. The monoisotopic (exact) mass is 533 g/mol. The Morgan fingerprint density at radius 3 is 2.43 bits per heavy atom. The number of hydrogen-bond acceptors (Lipinski definition) is 5. The van der Waals surface area contributed by atoms with Crippen LogP contribution in [0.4, 0.5) is 11.4 Å². The van der Waals surface area contributed by atoms with Gasteiger partial charge in [-0.3, -0.25) is 9.71 Å². The Hall–Kier alpha value is -3.89. The van der Waals surface area contributed by atoms with Gasteiger partial charge in [0.1, 0.15) is 11.8 Å². The van der Waals surface area contributed by atoms with Gasteiger partial charge < -0.3 is 19.5 Å². The maximum Gasteiger partial charge on any atom is 0.229 e. The van der Waals surface area contributed by atoms with Gasteiger partial charge in [0.15, 0.2) is 5.11 Å². The van der Waals surface area contributed by atoms with E-state index in [-0.39, 0.29) is 12.1 Å². The third kappa shape index (κ3) is 4.90. The van der Waals surface area contributed by atoms with E-state index >= 15 is 0 Å². The van der Waals surface area contributed by atoms with Gasteiger partial charge in [0, 0.05) is 29.0 Å². The van der Waals surface area contributed by atoms with Crippen molar-refractivity contribution < 1.29 is 13.2 Å². The molecule has 3 heterocycles. The average molecular weight is 534 g/mol. The molecule has 4 aromatic rings. The molecule has 0 amide bonds. The lowest BCUT2D eigenvalue weighted by Crippen LogP contribution is -2.30. The second kappa shape index (κ2) is 9.87. The summed E-state index contributed by atoms with van der Waals surface area (Å²) in [6.45, 7) is 2.07. The highest BCUT2D eigenvalue weighted by molar-refractivity contribution is 7.92. The highest BCUT2D eigenvalue weighted by atomic mass is 32.2. The SMILES string of the molecule is COc1ccc(N2C(=S)N[C@H](c3ccccn3)[C@H]2c2ccc(C)n2-c2ccccc2)cc1NS(C)(=O)=O. The molecular formula is C27H27N5O3S2. The van der Waals surface area contributed by atoms with Crippen molar-refractivity contribution in [3.8, 4) is 11.4 Å². The van der Waals surface area contributed by atoms with E-state index in [1.807, 2.05) is 47.4 Å². The van der Waals surface area contributed by atoms with Crippen molar-refractivity contribution in [1.29, 1.82) is 0 Å². The van der Waals surface area contributed by atoms with Crippen molar-refractivity contribution in [2.75, 3.05) is 23.0 Å². The van der Waals surface area contributed by atoms with E-state index in [0.29, 0.717) is 22.2 Å². The summed E-state index contributed by atoms with van der Waals surface area (Å²) >= 11 is 5.87. The van der Waals surface area contributed by atoms with Gasteiger partial charge in [-0.05, 0) is 73.7 Å². The van der Waals surface area contributed by atoms with Gasteiger partial charge in [0.2, 0.25) is 10.0 Å². The molecule has 10 heteroatoms. The first-order valence-corrected chi connectivity index (χ1v) is 14.0. The van der Waals surface area contributed by atoms with E-state index in [9.17, 15) is 8.42 Å². The summed E-state index contributed by atoms with van der Waals surface area (Å²) < 4.78 is 34.3. The molecule has 0 unspecified atom stereocenters. The van der Waals surface area contributed by atoms with Crippen LogP contribution in [-0.4, -0.2) is 36.4 Å². The lowest BCUT2D eigenvalue weighted by atomic mass is 10.0. The van der Waals surface area contributed by atoms with Crippen LogP contribution in [0.3, 0.4) is 0 Å². The molecule has 0 saturated carbocycles. The normalized spacial score (nSPS) is 17.5. The van der Waals surface area contributed by atoms with Crippen molar-refractivity contribution >= 4 is 38.7 Å². The molecule has 0 radical (unpaired) electrons. The number of pyridine rings is 1. The summed E-state index contributed by atoms with van der Waals surface area (Å²) in [7, 11) is -2.03. The Balaban J connectivity index is 1.69. The van der Waals surface area contributed by atoms with Crippen LogP contribution in [0, 0.1) is 6.92 Å². The Kier molecular flexibility index (Phi) is 6.61. The zero-order valence-corrected chi connectivity index (χ0v) is 22.3. The number of nitrogens with zero attached hydrogens (tertiary/aromatic N) is 3. The first-order valence-electron chi connectivity index (χ1n) is 11.7. The fourth-order valence-corrected chi connectivity index (χ4v) is 5.68. The van der Waals surface area contributed by atoms with Gasteiger partial charge in [-0.15, -0.1) is 0 Å². The number of anilines is 2. The minimum absolute atomic E-state index is 0.251. The highest BCUT2D eigenvalue weighted by Gasteiger charge is 2.42. The number of aromatic nitrogens is 2. The minimum atomic E-state index is -3.53. The smallest absolute Gasteiger partial charge is 0.229 e. The Morgan fingerprint density at radius 2 is 1.76 bits per heavy atom. The maximum atomic E-state index is 12.1. The summed E-state index contributed by atoms with van der Waals surface area (Å²) in [6, 6.07) is 25.0. The van der Waals surface area contributed by atoms with Crippen LogP contribution < -0.4 is 19.7 Å². The van der Waals surface area contributed by atoms with Crippen molar-refractivity contribution in [2.24, 2.45) is 0 Å². The third-order valence-electron chi connectivity index (χ3n) is 6.28. The van der Waals surface area contributed by atoms with Gasteiger partial charge in [0.25, 0.3) is 0 Å². The molecule has 8 nitrogen and oxygen atoms in total. The van der Waals surface area contributed by atoms with Gasteiger partial charge in [-0.1, -0.05) is 24.3 Å². The standard InChI is InChI=1S/C27H27N5O3S2/c1-18-12-14-23(31(18)19-9-5-4-6-10-19)26-25(21-11-7-8-16-28-21)29-27(36)32(26)20-13-15-24(35-2)22(17-20)30-37(3,33)34/h4-17,25-26,30H,1-3H3,(H,29,36)/t25-,26-/m1/s1. The molecule has 190 valence electrons. The van der Waals surface area contributed by atoms with Crippen molar-refractivity contribution in [3.05, 3.63) is 102 Å². The molecule has 0 aliphatic carbocycles. The van der Waals surface area contributed by atoms with E-state index < -0.39 is 10.0 Å². The zero-order valence-electron chi connectivity index (χ0n) is 20.6. The summed E-state index contributed by atoms with van der Waals surface area (Å²) in [6.07, 6.45) is 2.87. The number of sulfonamides is 1. The van der Waals surface area contributed by atoms with Gasteiger partial charge >= 0.3 is 0 Å². The Morgan fingerprint density at radius 1 is 1.00 bits per heavy atom. The quantitative estimate of drug-likeness (QED) is 0.332. The van der Waals surface area contributed by atoms with E-state index in [2.05, 4.69) is 50.8 Å². The van der Waals surface area contributed by atoms with Crippen LogP contribution in [0.2, 0.25) is 0 Å². The van der Waals surface area contributed by atoms with Crippen molar-refractivity contribution in [3.63, 3.8) is 0 Å². The molecule has 2 aromatic carbocycles. The number of para-hydroxylation sites is 1. The molecule has 2 aromatic heterocycles. The molecule has 37 heavy (non-hydrogen) atoms. The van der Waals surface area contributed by atoms with Crippen LogP contribution in [0.1, 0.15) is 29.2 Å². The number of hydrogen-bond donors (Lipinski definition) is 2. The molecule has 2 atom stereocenters.